The lowest BCUT2D eigenvalue weighted by Crippen LogP contribution is -2.29. The lowest BCUT2D eigenvalue weighted by molar-refractivity contribution is 0.0117. The second-order valence-electron chi connectivity index (χ2n) is 5.07. The molecule has 1 aliphatic heterocycles. The lowest BCUT2D eigenvalue weighted by Gasteiger charge is -2.22. The molecule has 0 radical (unpaired) electrons. The summed E-state index contributed by atoms with van der Waals surface area (Å²) in [6.07, 6.45) is 4.61. The first kappa shape index (κ1) is 15.6. The van der Waals surface area contributed by atoms with Gasteiger partial charge in [-0.05, 0) is 49.9 Å². The number of ether oxygens (including phenoxy) is 1. The van der Waals surface area contributed by atoms with Gasteiger partial charge in [-0.25, -0.2) is 0 Å². The Morgan fingerprint density at radius 2 is 2.14 bits per heavy atom. The molecule has 1 fully saturated rings. The molecule has 0 saturated carbocycles. The molecule has 2 rings (SSSR count). The Hall–Kier alpha value is -1.83. The predicted octanol–water partition coefficient (Wildman–Crippen LogP) is 1.72. The number of hydrogen-bond acceptors (Lipinski definition) is 3. The average molecular weight is 287 g/mol. The number of nitrogens with one attached hydrogen (secondary N) is 1. The molecule has 1 atom stereocenters. The third-order valence-electron chi connectivity index (χ3n) is 3.48. The lowest BCUT2D eigenvalue weighted by atomic mass is 10.1. The molecule has 0 aliphatic carbocycles. The van der Waals surface area contributed by atoms with Crippen LogP contribution in [0, 0.1) is 11.8 Å². The van der Waals surface area contributed by atoms with E-state index in [1.54, 1.807) is 24.3 Å². The molecular weight excluding hydrogens is 266 g/mol. The minimum Gasteiger partial charge on any atom is -0.384 e. The van der Waals surface area contributed by atoms with Gasteiger partial charge in [-0.1, -0.05) is 11.8 Å². The first-order chi connectivity index (χ1) is 10.3. The van der Waals surface area contributed by atoms with Crippen LogP contribution in [0.25, 0.3) is 0 Å². The highest BCUT2D eigenvalue weighted by molar-refractivity contribution is 5.94. The summed E-state index contributed by atoms with van der Waals surface area (Å²) >= 11 is 0. The van der Waals surface area contributed by atoms with Crippen molar-refractivity contribution in [2.24, 2.45) is 0 Å². The van der Waals surface area contributed by atoms with E-state index in [0.29, 0.717) is 12.1 Å². The number of amides is 1. The number of hydrogen-bond donors (Lipinski definition) is 2. The summed E-state index contributed by atoms with van der Waals surface area (Å²) in [7, 11) is 0. The van der Waals surface area contributed by atoms with E-state index in [1.165, 1.54) is 6.42 Å². The maximum Gasteiger partial charge on any atom is 0.251 e. The maximum absolute atomic E-state index is 12.0. The van der Waals surface area contributed by atoms with Crippen LogP contribution in [0.1, 0.15) is 41.6 Å². The molecule has 112 valence electrons. The summed E-state index contributed by atoms with van der Waals surface area (Å²) in [6.45, 7) is 1.32. The van der Waals surface area contributed by atoms with Crippen molar-refractivity contribution >= 4 is 5.91 Å². The molecule has 1 heterocycles. The van der Waals surface area contributed by atoms with E-state index < -0.39 is 0 Å². The van der Waals surface area contributed by atoms with Gasteiger partial charge < -0.3 is 15.2 Å². The highest BCUT2D eigenvalue weighted by Crippen LogP contribution is 2.14. The second kappa shape index (κ2) is 8.46. The molecule has 0 aromatic heterocycles. The molecule has 1 saturated heterocycles. The first-order valence-corrected chi connectivity index (χ1v) is 7.39. The summed E-state index contributed by atoms with van der Waals surface area (Å²) in [4.78, 5) is 12.0. The number of aliphatic hydroxyl groups excluding tert-OH is 1. The molecule has 1 aromatic carbocycles. The summed E-state index contributed by atoms with van der Waals surface area (Å²) < 4.78 is 5.63. The van der Waals surface area contributed by atoms with Gasteiger partial charge in [0.1, 0.15) is 6.61 Å². The first-order valence-electron chi connectivity index (χ1n) is 7.39. The van der Waals surface area contributed by atoms with Crippen LogP contribution in [0.15, 0.2) is 24.3 Å². The third-order valence-corrected chi connectivity index (χ3v) is 3.48. The van der Waals surface area contributed by atoms with E-state index in [4.69, 9.17) is 9.84 Å². The number of carbonyl (C=O) groups is 1. The fourth-order valence-electron chi connectivity index (χ4n) is 2.33. The summed E-state index contributed by atoms with van der Waals surface area (Å²) in [5.41, 5.74) is 1.41. The topological polar surface area (TPSA) is 58.6 Å². The minimum absolute atomic E-state index is 0.0764. The van der Waals surface area contributed by atoms with Crippen LogP contribution in [0.2, 0.25) is 0 Å². The van der Waals surface area contributed by atoms with Crippen molar-refractivity contribution in [3.63, 3.8) is 0 Å². The van der Waals surface area contributed by atoms with E-state index in [9.17, 15) is 4.79 Å². The third kappa shape index (κ3) is 5.22. The van der Waals surface area contributed by atoms with Crippen LogP contribution in [0.4, 0.5) is 0 Å². The predicted molar refractivity (Wildman–Crippen MR) is 80.9 cm³/mol. The van der Waals surface area contributed by atoms with Gasteiger partial charge in [0.15, 0.2) is 0 Å². The standard InChI is InChI=1S/C17H21NO3/c19-12-3-4-14-6-8-15(9-7-14)17(20)18-11-10-16-5-1-2-13-21-16/h6-9,16,19H,1-2,5,10-13H2,(H,18,20). The zero-order chi connectivity index (χ0) is 14.9. The molecule has 1 unspecified atom stereocenters. The van der Waals surface area contributed by atoms with Crippen molar-refractivity contribution in [3.8, 4) is 11.8 Å². The van der Waals surface area contributed by atoms with Gasteiger partial charge in [0, 0.05) is 24.3 Å². The molecule has 4 nitrogen and oxygen atoms in total. The van der Waals surface area contributed by atoms with E-state index in [-0.39, 0.29) is 18.6 Å². The molecule has 21 heavy (non-hydrogen) atoms. The zero-order valence-corrected chi connectivity index (χ0v) is 12.1. The van der Waals surface area contributed by atoms with Crippen LogP contribution < -0.4 is 5.32 Å². The molecule has 2 N–H and O–H groups in total. The molecule has 1 aliphatic rings. The molecule has 0 spiro atoms. The normalized spacial score (nSPS) is 17.7. The highest BCUT2D eigenvalue weighted by atomic mass is 16.5. The van der Waals surface area contributed by atoms with Crippen LogP contribution in [0.3, 0.4) is 0 Å². The fourth-order valence-corrected chi connectivity index (χ4v) is 2.33. The van der Waals surface area contributed by atoms with Crippen LogP contribution in [-0.4, -0.2) is 36.9 Å². The van der Waals surface area contributed by atoms with Crippen molar-refractivity contribution < 1.29 is 14.6 Å². The van der Waals surface area contributed by atoms with Gasteiger partial charge in [0.2, 0.25) is 0 Å². The highest BCUT2D eigenvalue weighted by Gasteiger charge is 2.13. The van der Waals surface area contributed by atoms with Crippen molar-refractivity contribution in [3.05, 3.63) is 35.4 Å². The fraction of sp³-hybridized carbons (Fsp3) is 0.471. The number of carbonyl (C=O) groups excluding carboxylic acids is 1. The smallest absolute Gasteiger partial charge is 0.251 e. The summed E-state index contributed by atoms with van der Waals surface area (Å²) in [5, 5.41) is 11.5. The van der Waals surface area contributed by atoms with Gasteiger partial charge in [0.25, 0.3) is 5.91 Å². The van der Waals surface area contributed by atoms with Gasteiger partial charge in [-0.2, -0.15) is 0 Å². The number of rotatable bonds is 4. The molecule has 4 heteroatoms. The van der Waals surface area contributed by atoms with Crippen molar-refractivity contribution in [1.82, 2.24) is 5.32 Å². The Bertz CT molecular complexity index is 507. The van der Waals surface area contributed by atoms with Gasteiger partial charge >= 0.3 is 0 Å². The Balaban J connectivity index is 1.77. The van der Waals surface area contributed by atoms with Crippen LogP contribution in [-0.2, 0) is 4.74 Å². The van der Waals surface area contributed by atoms with Crippen molar-refractivity contribution in [1.29, 1.82) is 0 Å². The Morgan fingerprint density at radius 3 is 2.81 bits per heavy atom. The number of benzene rings is 1. The molecule has 1 aromatic rings. The van der Waals surface area contributed by atoms with Crippen molar-refractivity contribution in [2.45, 2.75) is 31.8 Å². The number of aliphatic hydroxyl groups is 1. The van der Waals surface area contributed by atoms with Gasteiger partial charge in [-0.15, -0.1) is 0 Å². The quantitative estimate of drug-likeness (QED) is 0.829. The van der Waals surface area contributed by atoms with Gasteiger partial charge in [0.05, 0.1) is 6.10 Å². The molecule has 0 bridgehead atoms. The van der Waals surface area contributed by atoms with Crippen molar-refractivity contribution in [2.75, 3.05) is 19.8 Å². The Morgan fingerprint density at radius 1 is 1.33 bits per heavy atom. The second-order valence-corrected chi connectivity index (χ2v) is 5.07. The molecule has 1 amide bonds. The SMILES string of the molecule is O=C(NCCC1CCCCO1)c1ccc(C#CCO)cc1. The summed E-state index contributed by atoms with van der Waals surface area (Å²) in [6, 6.07) is 7.05. The van der Waals surface area contributed by atoms with Crippen LogP contribution >= 0.6 is 0 Å². The van der Waals surface area contributed by atoms with Crippen LogP contribution in [0.5, 0.6) is 0 Å². The van der Waals surface area contributed by atoms with E-state index >= 15 is 0 Å². The molecular formula is C17H21NO3. The van der Waals surface area contributed by atoms with E-state index in [2.05, 4.69) is 17.2 Å². The van der Waals surface area contributed by atoms with Gasteiger partial charge in [-0.3, -0.25) is 4.79 Å². The van der Waals surface area contributed by atoms with E-state index in [1.807, 2.05) is 0 Å². The summed E-state index contributed by atoms with van der Waals surface area (Å²) in [5.74, 6) is 5.30. The van der Waals surface area contributed by atoms with E-state index in [0.717, 1.165) is 31.4 Å². The largest absolute Gasteiger partial charge is 0.384 e. The monoisotopic (exact) mass is 287 g/mol. The Labute approximate surface area is 125 Å². The maximum atomic E-state index is 12.0. The minimum atomic E-state index is -0.161. The Kier molecular flexibility index (Phi) is 6.26. The average Bonchev–Trinajstić information content (AvgIpc) is 2.54. The zero-order valence-electron chi connectivity index (χ0n) is 12.1.